The molecule has 0 fully saturated rings. The zero-order valence-corrected chi connectivity index (χ0v) is 10.8. The van der Waals surface area contributed by atoms with Gasteiger partial charge in [0.15, 0.2) is 5.16 Å². The van der Waals surface area contributed by atoms with E-state index in [2.05, 4.69) is 20.5 Å². The number of amides is 1. The maximum Gasteiger partial charge on any atom is 0.230 e. The molecule has 1 atom stereocenters. The fourth-order valence-electron chi connectivity index (χ4n) is 1.29. The van der Waals surface area contributed by atoms with Crippen LogP contribution in [-0.4, -0.2) is 26.8 Å². The molecule has 0 unspecified atom stereocenters. The first-order valence-corrected chi connectivity index (χ1v) is 6.93. The number of hydrogen-bond donors (Lipinski definition) is 2. The molecule has 0 saturated carbocycles. The van der Waals surface area contributed by atoms with Gasteiger partial charge in [0.2, 0.25) is 5.91 Å². The number of carbonyl (C=O) groups is 1. The summed E-state index contributed by atoms with van der Waals surface area (Å²) in [5, 5.41) is 12.0. The average molecular weight is 268 g/mol. The molecule has 0 aliphatic rings. The topological polar surface area (TPSA) is 70.7 Å². The van der Waals surface area contributed by atoms with Crippen molar-refractivity contribution >= 4 is 29.0 Å². The minimum absolute atomic E-state index is 0.00713. The maximum atomic E-state index is 11.7. The Balaban J connectivity index is 1.77. The van der Waals surface area contributed by atoms with Gasteiger partial charge in [-0.1, -0.05) is 17.8 Å². The summed E-state index contributed by atoms with van der Waals surface area (Å²) in [5.41, 5.74) is 0. The number of thiophene rings is 1. The van der Waals surface area contributed by atoms with E-state index in [1.807, 2.05) is 24.4 Å². The lowest BCUT2D eigenvalue weighted by Gasteiger charge is -2.11. The summed E-state index contributed by atoms with van der Waals surface area (Å²) in [6, 6.07) is 4.04. The standard InChI is InChI=1S/C10H12N4OS2/c1-7(8-3-2-4-16-8)13-9(15)5-17-10-11-6-12-14-10/h2-4,6-7H,5H2,1H3,(H,13,15)(H,11,12,14)/t7-/m0/s1. The third-order valence-corrected chi connectivity index (χ3v) is 4.01. The van der Waals surface area contributed by atoms with Crippen LogP contribution in [0.3, 0.4) is 0 Å². The second-order valence-electron chi connectivity index (χ2n) is 3.38. The molecule has 90 valence electrons. The number of rotatable bonds is 5. The number of carbonyl (C=O) groups excluding carboxylic acids is 1. The van der Waals surface area contributed by atoms with Crippen molar-refractivity contribution in [1.82, 2.24) is 20.5 Å². The van der Waals surface area contributed by atoms with Crippen molar-refractivity contribution in [1.29, 1.82) is 0 Å². The van der Waals surface area contributed by atoms with Gasteiger partial charge < -0.3 is 5.32 Å². The largest absolute Gasteiger partial charge is 0.348 e. The van der Waals surface area contributed by atoms with Gasteiger partial charge in [0.25, 0.3) is 0 Å². The predicted molar refractivity (Wildman–Crippen MR) is 68.0 cm³/mol. The maximum absolute atomic E-state index is 11.7. The Kier molecular flexibility index (Phi) is 4.16. The van der Waals surface area contributed by atoms with Crippen LogP contribution in [0, 0.1) is 0 Å². The van der Waals surface area contributed by atoms with Crippen LogP contribution < -0.4 is 5.32 Å². The highest BCUT2D eigenvalue weighted by Crippen LogP contribution is 2.18. The molecule has 2 rings (SSSR count). The Hall–Kier alpha value is -1.34. The van der Waals surface area contributed by atoms with Gasteiger partial charge >= 0.3 is 0 Å². The van der Waals surface area contributed by atoms with Crippen molar-refractivity contribution in [3.05, 3.63) is 28.7 Å². The first-order chi connectivity index (χ1) is 8.25. The summed E-state index contributed by atoms with van der Waals surface area (Å²) in [6.45, 7) is 1.98. The summed E-state index contributed by atoms with van der Waals surface area (Å²) in [4.78, 5) is 16.7. The van der Waals surface area contributed by atoms with Crippen molar-refractivity contribution in [3.8, 4) is 0 Å². The van der Waals surface area contributed by atoms with Crippen LogP contribution in [-0.2, 0) is 4.79 Å². The van der Waals surface area contributed by atoms with Crippen molar-refractivity contribution < 1.29 is 4.79 Å². The molecular weight excluding hydrogens is 256 g/mol. The lowest BCUT2D eigenvalue weighted by atomic mass is 10.3. The fraction of sp³-hybridized carbons (Fsp3) is 0.300. The second kappa shape index (κ2) is 5.83. The minimum Gasteiger partial charge on any atom is -0.348 e. The Morgan fingerprint density at radius 3 is 3.24 bits per heavy atom. The molecule has 7 heteroatoms. The molecule has 0 saturated heterocycles. The Bertz CT molecular complexity index is 455. The minimum atomic E-state index is -0.00713. The SMILES string of the molecule is C[C@H](NC(=O)CSc1ncn[nH]1)c1cccs1. The fourth-order valence-corrected chi connectivity index (χ4v) is 2.61. The normalized spacial score (nSPS) is 12.3. The molecule has 2 aromatic heterocycles. The molecule has 1 amide bonds. The highest BCUT2D eigenvalue weighted by atomic mass is 32.2. The Labute approximate surface area is 107 Å². The van der Waals surface area contributed by atoms with Gasteiger partial charge in [-0.05, 0) is 18.4 Å². The molecule has 17 heavy (non-hydrogen) atoms. The van der Waals surface area contributed by atoms with Crippen LogP contribution in [0.2, 0.25) is 0 Å². The number of aromatic nitrogens is 3. The van der Waals surface area contributed by atoms with Gasteiger partial charge in [-0.3, -0.25) is 9.89 Å². The molecule has 5 nitrogen and oxygen atoms in total. The smallest absolute Gasteiger partial charge is 0.230 e. The number of nitrogens with one attached hydrogen (secondary N) is 2. The summed E-state index contributed by atoms with van der Waals surface area (Å²) in [6.07, 6.45) is 1.43. The van der Waals surface area contributed by atoms with Gasteiger partial charge in [-0.15, -0.1) is 11.3 Å². The van der Waals surface area contributed by atoms with Crippen molar-refractivity contribution in [2.24, 2.45) is 0 Å². The molecular formula is C10H12N4OS2. The van der Waals surface area contributed by atoms with Gasteiger partial charge in [-0.2, -0.15) is 5.10 Å². The second-order valence-corrected chi connectivity index (χ2v) is 5.33. The van der Waals surface area contributed by atoms with Gasteiger partial charge in [-0.25, -0.2) is 4.98 Å². The van der Waals surface area contributed by atoms with E-state index in [9.17, 15) is 4.79 Å². The monoisotopic (exact) mass is 268 g/mol. The van der Waals surface area contributed by atoms with E-state index in [-0.39, 0.29) is 11.9 Å². The molecule has 2 heterocycles. The van der Waals surface area contributed by atoms with Gasteiger partial charge in [0.1, 0.15) is 6.33 Å². The molecule has 0 aliphatic heterocycles. The van der Waals surface area contributed by atoms with Crippen molar-refractivity contribution in [2.75, 3.05) is 5.75 Å². The molecule has 2 aromatic rings. The van der Waals surface area contributed by atoms with Crippen LogP contribution in [0.15, 0.2) is 29.0 Å². The quantitative estimate of drug-likeness (QED) is 0.812. The average Bonchev–Trinajstić information content (AvgIpc) is 2.99. The molecule has 0 aliphatic carbocycles. The number of nitrogens with zero attached hydrogens (tertiary/aromatic N) is 2. The number of hydrogen-bond acceptors (Lipinski definition) is 5. The van der Waals surface area contributed by atoms with E-state index in [0.29, 0.717) is 10.9 Å². The number of H-pyrrole nitrogens is 1. The summed E-state index contributed by atoms with van der Waals surface area (Å²) >= 11 is 2.98. The lowest BCUT2D eigenvalue weighted by molar-refractivity contribution is -0.119. The summed E-state index contributed by atoms with van der Waals surface area (Å²) < 4.78 is 0. The summed E-state index contributed by atoms with van der Waals surface area (Å²) in [5.74, 6) is 0.331. The van der Waals surface area contributed by atoms with Gasteiger partial charge in [0, 0.05) is 4.88 Å². The van der Waals surface area contributed by atoms with Crippen LogP contribution >= 0.6 is 23.1 Å². The zero-order chi connectivity index (χ0) is 12.1. The Morgan fingerprint density at radius 1 is 1.71 bits per heavy atom. The third-order valence-electron chi connectivity index (χ3n) is 2.08. The van der Waals surface area contributed by atoms with E-state index in [4.69, 9.17) is 0 Å². The molecule has 0 aromatic carbocycles. The Morgan fingerprint density at radius 2 is 2.59 bits per heavy atom. The van der Waals surface area contributed by atoms with Crippen LogP contribution in [0.25, 0.3) is 0 Å². The zero-order valence-electron chi connectivity index (χ0n) is 9.21. The van der Waals surface area contributed by atoms with E-state index in [1.165, 1.54) is 18.1 Å². The van der Waals surface area contributed by atoms with Crippen LogP contribution in [0.4, 0.5) is 0 Å². The number of aromatic amines is 1. The van der Waals surface area contributed by atoms with E-state index in [0.717, 1.165) is 4.88 Å². The summed E-state index contributed by atoms with van der Waals surface area (Å²) in [7, 11) is 0. The first-order valence-electron chi connectivity index (χ1n) is 5.06. The highest BCUT2D eigenvalue weighted by molar-refractivity contribution is 7.99. The third kappa shape index (κ3) is 3.57. The van der Waals surface area contributed by atoms with E-state index >= 15 is 0 Å². The molecule has 0 spiro atoms. The van der Waals surface area contributed by atoms with Gasteiger partial charge in [0.05, 0.1) is 11.8 Å². The number of thioether (sulfide) groups is 1. The first kappa shape index (κ1) is 12.1. The van der Waals surface area contributed by atoms with Crippen LogP contribution in [0.1, 0.15) is 17.8 Å². The molecule has 2 N–H and O–H groups in total. The predicted octanol–water partition coefficient (Wildman–Crippen LogP) is 1.84. The van der Waals surface area contributed by atoms with Crippen molar-refractivity contribution in [2.45, 2.75) is 18.1 Å². The highest BCUT2D eigenvalue weighted by Gasteiger charge is 2.10. The molecule has 0 bridgehead atoms. The van der Waals surface area contributed by atoms with E-state index < -0.39 is 0 Å². The van der Waals surface area contributed by atoms with E-state index in [1.54, 1.807) is 11.3 Å². The van der Waals surface area contributed by atoms with Crippen LogP contribution in [0.5, 0.6) is 0 Å². The molecule has 0 radical (unpaired) electrons. The van der Waals surface area contributed by atoms with Crippen molar-refractivity contribution in [3.63, 3.8) is 0 Å². The lowest BCUT2D eigenvalue weighted by Crippen LogP contribution is -2.27.